The van der Waals surface area contributed by atoms with Gasteiger partial charge < -0.3 is 4.90 Å². The number of hydrogen-bond acceptors (Lipinski definition) is 3. The van der Waals surface area contributed by atoms with Crippen LogP contribution in [-0.4, -0.2) is 38.2 Å². The van der Waals surface area contributed by atoms with Gasteiger partial charge in [-0.3, -0.25) is 0 Å². The lowest BCUT2D eigenvalue weighted by Gasteiger charge is -2.43. The highest BCUT2D eigenvalue weighted by Crippen LogP contribution is 2.47. The molecule has 0 radical (unpaired) electrons. The average Bonchev–Trinajstić information content (AvgIpc) is 2.90. The topological polar surface area (TPSA) is 37.4 Å². The second kappa shape index (κ2) is 7.64. The minimum atomic E-state index is -3.37. The van der Waals surface area contributed by atoms with Crippen molar-refractivity contribution < 1.29 is 8.42 Å². The second-order valence-electron chi connectivity index (χ2n) is 8.24. The van der Waals surface area contributed by atoms with Crippen LogP contribution in [0, 0.1) is 12.8 Å². The van der Waals surface area contributed by atoms with E-state index in [2.05, 4.69) is 11.9 Å². The lowest BCUT2D eigenvalue weighted by atomic mass is 9.77. The van der Waals surface area contributed by atoms with E-state index in [1.807, 2.05) is 37.3 Å². The molecular weight excluding hydrogens is 413 g/mol. The zero-order valence-electron chi connectivity index (χ0n) is 16.1. The SMILES string of the molecule is Cc1ccc(S(=O)(=O)CC2C(c3ccc(Cl)c(Cl)c3)C[C@@H]3CC[C@H]2N3C)cc1. The van der Waals surface area contributed by atoms with E-state index in [4.69, 9.17) is 23.2 Å². The van der Waals surface area contributed by atoms with Crippen molar-refractivity contribution in [3.05, 3.63) is 63.6 Å². The summed E-state index contributed by atoms with van der Waals surface area (Å²) in [6, 6.07) is 13.7. The van der Waals surface area contributed by atoms with E-state index in [1.165, 1.54) is 0 Å². The summed E-state index contributed by atoms with van der Waals surface area (Å²) in [5.74, 6) is 0.360. The van der Waals surface area contributed by atoms with Crippen molar-refractivity contribution in [2.24, 2.45) is 5.92 Å². The number of sulfone groups is 1. The summed E-state index contributed by atoms with van der Waals surface area (Å²) in [4.78, 5) is 2.80. The molecule has 4 rings (SSSR count). The van der Waals surface area contributed by atoms with Crippen molar-refractivity contribution in [2.45, 2.75) is 49.1 Å². The van der Waals surface area contributed by atoms with E-state index in [0.717, 1.165) is 30.4 Å². The van der Waals surface area contributed by atoms with Gasteiger partial charge in [0.25, 0.3) is 0 Å². The van der Waals surface area contributed by atoms with Gasteiger partial charge in [-0.2, -0.15) is 0 Å². The molecule has 0 amide bonds. The fourth-order valence-electron chi connectivity index (χ4n) is 5.03. The number of rotatable bonds is 4. The Labute approximate surface area is 177 Å². The molecular formula is C22H25Cl2NO2S. The van der Waals surface area contributed by atoms with Crippen LogP contribution < -0.4 is 0 Å². The molecule has 0 aliphatic carbocycles. The number of fused-ring (bicyclic) bond motifs is 2. The van der Waals surface area contributed by atoms with Crippen LogP contribution in [0.25, 0.3) is 0 Å². The molecule has 6 heteroatoms. The highest BCUT2D eigenvalue weighted by molar-refractivity contribution is 7.91. The molecule has 2 saturated heterocycles. The fraction of sp³-hybridized carbons (Fsp3) is 0.455. The molecule has 2 aliphatic rings. The summed E-state index contributed by atoms with van der Waals surface area (Å²) >= 11 is 12.4. The van der Waals surface area contributed by atoms with Gasteiger partial charge in [-0.05, 0) is 74.9 Å². The molecule has 2 aromatic rings. The van der Waals surface area contributed by atoms with Crippen LogP contribution >= 0.6 is 23.2 Å². The molecule has 0 saturated carbocycles. The van der Waals surface area contributed by atoms with E-state index in [9.17, 15) is 8.42 Å². The summed E-state index contributed by atoms with van der Waals surface area (Å²) in [6.07, 6.45) is 3.13. The maximum atomic E-state index is 13.2. The Kier molecular flexibility index (Phi) is 5.51. The lowest BCUT2D eigenvalue weighted by Crippen LogP contribution is -2.48. The van der Waals surface area contributed by atoms with Crippen LogP contribution in [0.2, 0.25) is 10.0 Å². The summed E-state index contributed by atoms with van der Waals surface area (Å²) in [5, 5.41) is 1.07. The normalized spacial score (nSPS) is 27.9. The molecule has 150 valence electrons. The molecule has 2 heterocycles. The van der Waals surface area contributed by atoms with Crippen LogP contribution in [0.15, 0.2) is 47.4 Å². The monoisotopic (exact) mass is 437 g/mol. The third-order valence-electron chi connectivity index (χ3n) is 6.60. The van der Waals surface area contributed by atoms with E-state index in [0.29, 0.717) is 21.0 Å². The maximum Gasteiger partial charge on any atom is 0.178 e. The quantitative estimate of drug-likeness (QED) is 0.647. The molecule has 2 aliphatic heterocycles. The van der Waals surface area contributed by atoms with Gasteiger partial charge in [-0.25, -0.2) is 8.42 Å². The Morgan fingerprint density at radius 3 is 2.43 bits per heavy atom. The number of piperidine rings is 1. The van der Waals surface area contributed by atoms with Crippen LogP contribution in [0.5, 0.6) is 0 Å². The average molecular weight is 438 g/mol. The van der Waals surface area contributed by atoms with Crippen molar-refractivity contribution in [1.29, 1.82) is 0 Å². The number of halogens is 2. The van der Waals surface area contributed by atoms with Crippen molar-refractivity contribution in [3.8, 4) is 0 Å². The number of hydrogen-bond donors (Lipinski definition) is 0. The predicted molar refractivity (Wildman–Crippen MR) is 115 cm³/mol. The molecule has 4 atom stereocenters. The smallest absolute Gasteiger partial charge is 0.178 e. The zero-order valence-corrected chi connectivity index (χ0v) is 18.4. The van der Waals surface area contributed by atoms with Gasteiger partial charge in [0.1, 0.15) is 0 Å². The Morgan fingerprint density at radius 1 is 1.04 bits per heavy atom. The summed E-state index contributed by atoms with van der Waals surface area (Å²) < 4.78 is 26.5. The first-order valence-electron chi connectivity index (χ1n) is 9.72. The summed E-state index contributed by atoms with van der Waals surface area (Å²) in [7, 11) is -1.23. The van der Waals surface area contributed by atoms with Gasteiger partial charge >= 0.3 is 0 Å². The van der Waals surface area contributed by atoms with Crippen molar-refractivity contribution in [3.63, 3.8) is 0 Å². The fourth-order valence-corrected chi connectivity index (χ4v) is 7.04. The van der Waals surface area contributed by atoms with E-state index < -0.39 is 9.84 Å². The van der Waals surface area contributed by atoms with E-state index in [-0.39, 0.29) is 23.6 Å². The van der Waals surface area contributed by atoms with Gasteiger partial charge in [-0.15, -0.1) is 0 Å². The van der Waals surface area contributed by atoms with Crippen LogP contribution in [-0.2, 0) is 9.84 Å². The summed E-state index contributed by atoms with van der Waals surface area (Å²) in [5.41, 5.74) is 2.16. The number of benzene rings is 2. The maximum absolute atomic E-state index is 13.2. The molecule has 0 spiro atoms. The van der Waals surface area contributed by atoms with E-state index in [1.54, 1.807) is 12.1 Å². The zero-order chi connectivity index (χ0) is 20.1. The van der Waals surface area contributed by atoms with Gasteiger partial charge in [0.15, 0.2) is 9.84 Å². The number of aryl methyl sites for hydroxylation is 1. The van der Waals surface area contributed by atoms with Crippen LogP contribution in [0.3, 0.4) is 0 Å². The standard InChI is InChI=1S/C22H25Cl2NO2S/c1-14-3-7-17(8-4-14)28(26,27)13-19-18(12-16-6-10-22(19)25(16)2)15-5-9-20(23)21(24)11-15/h3-5,7-9,11,16,18-19,22H,6,10,12-13H2,1-2H3/t16-,18?,19?,22+/m0/s1. The van der Waals surface area contributed by atoms with E-state index >= 15 is 0 Å². The molecule has 2 aromatic carbocycles. The van der Waals surface area contributed by atoms with Gasteiger partial charge in [0, 0.05) is 12.1 Å². The minimum Gasteiger partial charge on any atom is -0.300 e. The third-order valence-corrected chi connectivity index (χ3v) is 9.15. The Balaban J connectivity index is 1.69. The van der Waals surface area contributed by atoms with Crippen molar-refractivity contribution >= 4 is 33.0 Å². The summed E-state index contributed by atoms with van der Waals surface area (Å²) in [6.45, 7) is 1.96. The van der Waals surface area contributed by atoms with Crippen molar-refractivity contribution in [2.75, 3.05) is 12.8 Å². The van der Waals surface area contributed by atoms with Gasteiger partial charge in [-0.1, -0.05) is 47.0 Å². The van der Waals surface area contributed by atoms with Gasteiger partial charge in [0.2, 0.25) is 0 Å². The first-order valence-corrected chi connectivity index (χ1v) is 12.1. The Hall–Kier alpha value is -1.07. The highest BCUT2D eigenvalue weighted by atomic mass is 35.5. The van der Waals surface area contributed by atoms with Crippen LogP contribution in [0.4, 0.5) is 0 Å². The minimum absolute atomic E-state index is 0.0345. The second-order valence-corrected chi connectivity index (χ2v) is 11.1. The highest BCUT2D eigenvalue weighted by Gasteiger charge is 2.47. The molecule has 2 fully saturated rings. The molecule has 2 unspecified atom stereocenters. The molecule has 0 aromatic heterocycles. The largest absolute Gasteiger partial charge is 0.300 e. The first-order chi connectivity index (χ1) is 13.3. The first kappa shape index (κ1) is 20.2. The van der Waals surface area contributed by atoms with Crippen LogP contribution in [0.1, 0.15) is 36.3 Å². The molecule has 3 nitrogen and oxygen atoms in total. The lowest BCUT2D eigenvalue weighted by molar-refractivity contribution is 0.111. The Morgan fingerprint density at radius 2 is 1.75 bits per heavy atom. The van der Waals surface area contributed by atoms with Gasteiger partial charge in [0.05, 0.1) is 20.7 Å². The molecule has 0 N–H and O–H groups in total. The molecule has 28 heavy (non-hydrogen) atoms. The van der Waals surface area contributed by atoms with Crippen molar-refractivity contribution in [1.82, 2.24) is 4.90 Å². The molecule has 2 bridgehead atoms. The number of nitrogens with zero attached hydrogens (tertiary/aromatic N) is 1. The Bertz CT molecular complexity index is 975. The predicted octanol–water partition coefficient (Wildman–Crippen LogP) is 5.34. The third kappa shape index (κ3) is 3.72.